The number of primary amides is 1. The number of methoxy groups -OCH3 is 1. The highest BCUT2D eigenvalue weighted by atomic mass is 16.5. The minimum Gasteiger partial charge on any atom is -0.494 e. The Kier molecular flexibility index (Phi) is 9.54. The second-order valence-corrected chi connectivity index (χ2v) is 9.41. The van der Waals surface area contributed by atoms with Crippen molar-refractivity contribution >= 4 is 40.9 Å². The molecule has 1 aromatic carbocycles. The van der Waals surface area contributed by atoms with Gasteiger partial charge in [0.25, 0.3) is 5.91 Å². The molecule has 0 radical (unpaired) electrons. The molecule has 17 nitrogen and oxygen atoms in total. The molecule has 43 heavy (non-hydrogen) atoms. The highest BCUT2D eigenvalue weighted by molar-refractivity contribution is 6.04. The van der Waals surface area contributed by atoms with Gasteiger partial charge in [0.2, 0.25) is 11.9 Å². The lowest BCUT2D eigenvalue weighted by molar-refractivity contribution is -0.137. The molecule has 228 valence electrons. The predicted octanol–water partition coefficient (Wildman–Crippen LogP) is 0.956. The van der Waals surface area contributed by atoms with Crippen molar-refractivity contribution in [1.82, 2.24) is 39.6 Å². The molecule has 0 bridgehead atoms. The minimum absolute atomic E-state index is 0.0210. The predicted molar refractivity (Wildman–Crippen MR) is 151 cm³/mol. The summed E-state index contributed by atoms with van der Waals surface area (Å²) in [4.78, 5) is 52.6. The van der Waals surface area contributed by atoms with E-state index < -0.39 is 23.9 Å². The van der Waals surface area contributed by atoms with E-state index in [1.807, 2.05) is 6.92 Å². The second-order valence-electron chi connectivity index (χ2n) is 9.41. The molecule has 0 saturated heterocycles. The maximum absolute atomic E-state index is 13.2. The van der Waals surface area contributed by atoms with Gasteiger partial charge >= 0.3 is 12.1 Å². The van der Waals surface area contributed by atoms with E-state index in [0.717, 1.165) is 0 Å². The quantitative estimate of drug-likeness (QED) is 0.150. The minimum atomic E-state index is -1.04. The van der Waals surface area contributed by atoms with Crippen LogP contribution in [0.25, 0.3) is 11.0 Å². The van der Waals surface area contributed by atoms with Crippen molar-refractivity contribution in [3.8, 4) is 5.75 Å². The van der Waals surface area contributed by atoms with E-state index in [2.05, 4.69) is 31.0 Å². The third-order valence-corrected chi connectivity index (χ3v) is 6.27. The van der Waals surface area contributed by atoms with E-state index in [9.17, 15) is 19.2 Å². The first kappa shape index (κ1) is 30.5. The number of hydrogen-bond acceptors (Lipinski definition) is 10. The Hall–Kier alpha value is -5.48. The highest BCUT2D eigenvalue weighted by Crippen LogP contribution is 2.31. The van der Waals surface area contributed by atoms with Crippen LogP contribution in [0.3, 0.4) is 0 Å². The van der Waals surface area contributed by atoms with Gasteiger partial charge in [-0.15, -0.1) is 5.10 Å². The fourth-order valence-corrected chi connectivity index (χ4v) is 4.37. The van der Waals surface area contributed by atoms with Crippen LogP contribution >= 0.6 is 0 Å². The monoisotopic (exact) mass is 596 g/mol. The van der Waals surface area contributed by atoms with Gasteiger partial charge in [0.05, 0.1) is 30.6 Å². The number of carboxylic acid groups (broad SMARTS) is 1. The van der Waals surface area contributed by atoms with Gasteiger partial charge in [0, 0.05) is 37.8 Å². The van der Waals surface area contributed by atoms with Crippen molar-refractivity contribution in [2.45, 2.75) is 46.3 Å². The van der Waals surface area contributed by atoms with Crippen LogP contribution in [0.15, 0.2) is 24.4 Å². The smallest absolute Gasteiger partial charge is 0.407 e. The van der Waals surface area contributed by atoms with Crippen molar-refractivity contribution < 1.29 is 33.8 Å². The number of carbonyl (C=O) groups excluding carboxylic acids is 3. The molecule has 4 aromatic rings. The van der Waals surface area contributed by atoms with Gasteiger partial charge in [-0.3, -0.25) is 24.4 Å². The number of imidazole rings is 1. The van der Waals surface area contributed by atoms with E-state index in [4.69, 9.17) is 20.3 Å². The number of hydrogen-bond donors (Lipinski definition) is 4. The van der Waals surface area contributed by atoms with Gasteiger partial charge in [0.15, 0.2) is 0 Å². The summed E-state index contributed by atoms with van der Waals surface area (Å²) in [7, 11) is 1.45. The molecule has 17 heteroatoms. The van der Waals surface area contributed by atoms with Gasteiger partial charge in [-0.2, -0.15) is 5.10 Å². The third kappa shape index (κ3) is 7.43. The van der Waals surface area contributed by atoms with Crippen LogP contribution in [0.5, 0.6) is 5.75 Å². The summed E-state index contributed by atoms with van der Waals surface area (Å²) in [6.45, 7) is 4.40. The fourth-order valence-electron chi connectivity index (χ4n) is 4.37. The zero-order valence-electron chi connectivity index (χ0n) is 23.9. The number of rotatable bonds is 14. The number of aromatic nitrogens is 7. The van der Waals surface area contributed by atoms with Gasteiger partial charge in [-0.1, -0.05) is 5.21 Å². The zero-order valence-corrected chi connectivity index (χ0v) is 23.9. The lowest BCUT2D eigenvalue weighted by Gasteiger charge is -2.13. The number of aliphatic carboxylic acids is 1. The summed E-state index contributed by atoms with van der Waals surface area (Å²) in [5, 5.41) is 26.2. The van der Waals surface area contributed by atoms with Crippen molar-refractivity contribution in [2.75, 3.05) is 25.6 Å². The Morgan fingerprint density at radius 3 is 2.65 bits per heavy atom. The average molecular weight is 597 g/mol. The fraction of sp³-hybridized carbons (Fsp3) is 0.385. The molecule has 0 fully saturated rings. The normalized spacial score (nSPS) is 11.0. The van der Waals surface area contributed by atoms with Crippen LogP contribution in [-0.2, 0) is 35.6 Å². The van der Waals surface area contributed by atoms with Crippen LogP contribution in [0, 0.1) is 6.92 Å². The molecule has 0 spiro atoms. The summed E-state index contributed by atoms with van der Waals surface area (Å²) >= 11 is 0. The van der Waals surface area contributed by atoms with Crippen molar-refractivity contribution in [3.05, 3.63) is 47.0 Å². The van der Waals surface area contributed by atoms with Gasteiger partial charge in [-0.05, 0) is 38.5 Å². The number of carboxylic acids is 1. The van der Waals surface area contributed by atoms with E-state index in [1.54, 1.807) is 22.2 Å². The number of nitrogens with zero attached hydrogens (tertiary/aromatic N) is 7. The molecule has 0 aliphatic rings. The van der Waals surface area contributed by atoms with Crippen molar-refractivity contribution in [2.24, 2.45) is 5.73 Å². The summed E-state index contributed by atoms with van der Waals surface area (Å²) in [5.41, 5.74) is 8.13. The number of ether oxygens (including phenoxy) is 2. The molecule has 3 aromatic heterocycles. The Labute approximate surface area is 244 Å². The number of alkyl carbamates (subject to hydrolysis) is 1. The van der Waals surface area contributed by atoms with E-state index >= 15 is 0 Å². The standard InChI is InChI=1S/C26H32N10O7/c1-4-36-19(10-15(2)32-36)24(40)30-25-29-18-11-16(23(27)39)12-20(42-3)22(18)35(25)8-5-7-28-26(41)43-9-6-17-13-34(33-31-17)14-21(37)38/h10-13H,4-9,14H2,1-3H3,(H2,27,39)(H,28,41)(H,37,38)(H,29,30,40). The molecule has 0 atom stereocenters. The summed E-state index contributed by atoms with van der Waals surface area (Å²) < 4.78 is 15.2. The van der Waals surface area contributed by atoms with Gasteiger partial charge < -0.3 is 30.2 Å². The SMILES string of the molecule is CCn1nc(C)cc1C(=O)Nc1nc2cc(C(N)=O)cc(OC)c2n1CCCNC(=O)OCCc1cn(CC(=O)O)nn1. The molecule has 0 saturated carbocycles. The molecule has 3 amide bonds. The molecule has 0 unspecified atom stereocenters. The third-order valence-electron chi connectivity index (χ3n) is 6.27. The lowest BCUT2D eigenvalue weighted by Crippen LogP contribution is -2.27. The van der Waals surface area contributed by atoms with Gasteiger partial charge in [0.1, 0.15) is 23.5 Å². The highest BCUT2D eigenvalue weighted by Gasteiger charge is 2.21. The summed E-state index contributed by atoms with van der Waals surface area (Å²) in [6, 6.07) is 4.69. The second kappa shape index (κ2) is 13.5. The number of nitrogens with two attached hydrogens (primary N) is 1. The van der Waals surface area contributed by atoms with Crippen molar-refractivity contribution in [1.29, 1.82) is 0 Å². The maximum Gasteiger partial charge on any atom is 0.407 e. The van der Waals surface area contributed by atoms with Crippen LogP contribution in [-0.4, -0.2) is 83.6 Å². The zero-order chi connectivity index (χ0) is 31.1. The largest absolute Gasteiger partial charge is 0.494 e. The van der Waals surface area contributed by atoms with E-state index in [1.165, 1.54) is 30.1 Å². The average Bonchev–Trinajstić information content (AvgIpc) is 3.66. The number of aryl methyl sites for hydroxylation is 3. The molecular formula is C26H32N10O7. The topological polar surface area (TPSA) is 223 Å². The van der Waals surface area contributed by atoms with E-state index in [0.29, 0.717) is 53.4 Å². The van der Waals surface area contributed by atoms with E-state index in [-0.39, 0.29) is 37.6 Å². The Balaban J connectivity index is 1.43. The van der Waals surface area contributed by atoms with Crippen molar-refractivity contribution in [3.63, 3.8) is 0 Å². The molecular weight excluding hydrogens is 564 g/mol. The number of carbonyl (C=O) groups is 4. The van der Waals surface area contributed by atoms with Crippen LogP contribution < -0.4 is 21.1 Å². The lowest BCUT2D eigenvalue weighted by atomic mass is 10.1. The summed E-state index contributed by atoms with van der Waals surface area (Å²) in [6.07, 6.45) is 1.51. The first-order valence-electron chi connectivity index (χ1n) is 13.3. The van der Waals surface area contributed by atoms with Crippen LogP contribution in [0.4, 0.5) is 10.7 Å². The molecule has 3 heterocycles. The molecule has 0 aliphatic heterocycles. The molecule has 4 rings (SSSR count). The van der Waals surface area contributed by atoms with Gasteiger partial charge in [-0.25, -0.2) is 14.5 Å². The number of nitrogens with one attached hydrogen (secondary N) is 2. The molecule has 5 N–H and O–H groups in total. The Morgan fingerprint density at radius 2 is 1.95 bits per heavy atom. The number of amides is 3. The molecule has 0 aliphatic carbocycles. The van der Waals surface area contributed by atoms with Crippen LogP contribution in [0.1, 0.15) is 45.6 Å². The Morgan fingerprint density at radius 1 is 1.16 bits per heavy atom. The van der Waals surface area contributed by atoms with Crippen LogP contribution in [0.2, 0.25) is 0 Å². The maximum atomic E-state index is 13.2. The summed E-state index contributed by atoms with van der Waals surface area (Å²) in [5.74, 6) is -1.58. The Bertz CT molecular complexity index is 1660. The first-order valence-corrected chi connectivity index (χ1v) is 13.3. The first-order chi connectivity index (χ1) is 20.6. The number of benzene rings is 1. The number of fused-ring (bicyclic) bond motifs is 1. The number of anilines is 1.